The fourth-order valence-electron chi connectivity index (χ4n) is 2.71. The van der Waals surface area contributed by atoms with Crippen LogP contribution in [0.25, 0.3) is 0 Å². The third-order valence-electron chi connectivity index (χ3n) is 3.83. The molecule has 124 valence electrons. The van der Waals surface area contributed by atoms with E-state index in [1.165, 1.54) is 37.8 Å². The number of rotatable bonds is 6. The Labute approximate surface area is 131 Å². The van der Waals surface area contributed by atoms with Crippen LogP contribution in [0.3, 0.4) is 0 Å². The molecule has 7 nitrogen and oxygen atoms in total. The van der Waals surface area contributed by atoms with Crippen LogP contribution >= 0.6 is 0 Å². The van der Waals surface area contributed by atoms with Crippen molar-refractivity contribution in [1.82, 2.24) is 4.31 Å². The van der Waals surface area contributed by atoms with Crippen molar-refractivity contribution in [3.05, 3.63) is 12.1 Å². The van der Waals surface area contributed by atoms with E-state index in [9.17, 15) is 8.42 Å². The zero-order valence-corrected chi connectivity index (χ0v) is 13.9. The smallest absolute Gasteiger partial charge is 0.250 e. The van der Waals surface area contributed by atoms with Gasteiger partial charge in [0.25, 0.3) is 10.0 Å². The van der Waals surface area contributed by atoms with Crippen LogP contribution in [0, 0.1) is 0 Å². The first kappa shape index (κ1) is 16.9. The third kappa shape index (κ3) is 2.86. The monoisotopic (exact) mass is 330 g/mol. The summed E-state index contributed by atoms with van der Waals surface area (Å²) >= 11 is 0. The zero-order chi connectivity index (χ0) is 16.3. The maximum absolute atomic E-state index is 13.0. The Balaban J connectivity index is 2.59. The lowest BCUT2D eigenvalue weighted by atomic mass is 10.2. The van der Waals surface area contributed by atoms with Crippen molar-refractivity contribution in [3.8, 4) is 17.2 Å². The molecule has 0 spiro atoms. The van der Waals surface area contributed by atoms with Gasteiger partial charge in [0.05, 0.1) is 21.3 Å². The summed E-state index contributed by atoms with van der Waals surface area (Å²) in [4.78, 5) is 0.0126. The van der Waals surface area contributed by atoms with E-state index in [2.05, 4.69) is 0 Å². The van der Waals surface area contributed by atoms with Crippen molar-refractivity contribution in [3.63, 3.8) is 0 Å². The van der Waals surface area contributed by atoms with Gasteiger partial charge in [-0.2, -0.15) is 4.31 Å². The number of nitrogens with two attached hydrogens (primary N) is 1. The molecule has 8 heteroatoms. The highest BCUT2D eigenvalue weighted by Crippen LogP contribution is 2.40. The quantitative estimate of drug-likeness (QED) is 0.830. The second-order valence-corrected chi connectivity index (χ2v) is 6.84. The van der Waals surface area contributed by atoms with Gasteiger partial charge >= 0.3 is 0 Å². The molecule has 1 aromatic carbocycles. The molecule has 0 aliphatic carbocycles. The van der Waals surface area contributed by atoms with Gasteiger partial charge in [-0.05, 0) is 12.8 Å². The van der Waals surface area contributed by atoms with E-state index < -0.39 is 10.0 Å². The first-order valence-electron chi connectivity index (χ1n) is 7.01. The van der Waals surface area contributed by atoms with Gasteiger partial charge in [0.15, 0.2) is 4.90 Å². The first-order valence-corrected chi connectivity index (χ1v) is 8.45. The molecule has 0 radical (unpaired) electrons. The summed E-state index contributed by atoms with van der Waals surface area (Å²) in [6, 6.07) is 2.87. The molecule has 2 N–H and O–H groups in total. The van der Waals surface area contributed by atoms with Gasteiger partial charge in [-0.15, -0.1) is 0 Å². The summed E-state index contributed by atoms with van der Waals surface area (Å²) in [5.74, 6) is 0.849. The van der Waals surface area contributed by atoms with Crippen molar-refractivity contribution in [2.45, 2.75) is 23.8 Å². The number of nitrogens with zero attached hydrogens (tertiary/aromatic N) is 1. The second kappa shape index (κ2) is 6.72. The zero-order valence-electron chi connectivity index (χ0n) is 13.0. The van der Waals surface area contributed by atoms with Crippen LogP contribution in [0.4, 0.5) is 0 Å². The van der Waals surface area contributed by atoms with E-state index in [1.807, 2.05) is 0 Å². The molecular formula is C14H22N2O5S. The van der Waals surface area contributed by atoms with E-state index in [1.54, 1.807) is 0 Å². The topological polar surface area (TPSA) is 91.1 Å². The average molecular weight is 330 g/mol. The van der Waals surface area contributed by atoms with Gasteiger partial charge in [-0.25, -0.2) is 8.42 Å². The summed E-state index contributed by atoms with van der Waals surface area (Å²) in [6.45, 7) is 0.739. The Morgan fingerprint density at radius 1 is 1.18 bits per heavy atom. The highest BCUT2D eigenvalue weighted by atomic mass is 32.2. The van der Waals surface area contributed by atoms with E-state index in [4.69, 9.17) is 19.9 Å². The van der Waals surface area contributed by atoms with Crippen molar-refractivity contribution < 1.29 is 22.6 Å². The molecular weight excluding hydrogens is 308 g/mol. The number of methoxy groups -OCH3 is 3. The standard InChI is InChI=1S/C14H22N2O5S/c1-19-11-7-12(20-2)14(13(8-11)21-3)22(17,18)16-6-4-5-10(16)9-15/h7-8,10H,4-6,9,15H2,1-3H3. The molecule has 0 saturated carbocycles. The molecule has 0 bridgehead atoms. The minimum absolute atomic E-state index is 0.0126. The second-order valence-electron chi connectivity index (χ2n) is 5.01. The molecule has 1 aliphatic rings. The first-order chi connectivity index (χ1) is 10.5. The lowest BCUT2D eigenvalue weighted by molar-refractivity contribution is 0.349. The Hall–Kier alpha value is -1.51. The van der Waals surface area contributed by atoms with Crippen LogP contribution in [0.1, 0.15) is 12.8 Å². The van der Waals surface area contributed by atoms with Crippen molar-refractivity contribution in [2.24, 2.45) is 5.73 Å². The minimum atomic E-state index is -3.76. The highest BCUT2D eigenvalue weighted by molar-refractivity contribution is 7.89. The van der Waals surface area contributed by atoms with Crippen LogP contribution in [-0.4, -0.2) is 53.2 Å². The Kier molecular flexibility index (Phi) is 5.15. The molecule has 0 aromatic heterocycles. The van der Waals surface area contributed by atoms with Gasteiger partial charge in [-0.1, -0.05) is 0 Å². The predicted octanol–water partition coefficient (Wildman–Crippen LogP) is 0.824. The molecule has 1 unspecified atom stereocenters. The van der Waals surface area contributed by atoms with Gasteiger partial charge < -0.3 is 19.9 Å². The number of benzene rings is 1. The van der Waals surface area contributed by atoms with Gasteiger partial charge in [-0.3, -0.25) is 0 Å². The Bertz CT molecular complexity index is 607. The van der Waals surface area contributed by atoms with E-state index in [0.717, 1.165) is 12.8 Å². The lowest BCUT2D eigenvalue weighted by Crippen LogP contribution is -2.40. The average Bonchev–Trinajstić information content (AvgIpc) is 3.02. The van der Waals surface area contributed by atoms with Crippen molar-refractivity contribution >= 4 is 10.0 Å². The fraction of sp³-hybridized carbons (Fsp3) is 0.571. The largest absolute Gasteiger partial charge is 0.496 e. The summed E-state index contributed by atoms with van der Waals surface area (Å²) in [7, 11) is 0.559. The predicted molar refractivity (Wildman–Crippen MR) is 82.1 cm³/mol. The van der Waals surface area contributed by atoms with Gasteiger partial charge in [0.1, 0.15) is 17.2 Å². The summed E-state index contributed by atoms with van der Waals surface area (Å²) < 4.78 is 43.1. The SMILES string of the molecule is COc1cc(OC)c(S(=O)(=O)N2CCCC2CN)c(OC)c1. The van der Waals surface area contributed by atoms with Crippen LogP contribution in [0.5, 0.6) is 17.2 Å². The Morgan fingerprint density at radius 2 is 1.77 bits per heavy atom. The molecule has 1 saturated heterocycles. The summed E-state index contributed by atoms with van der Waals surface area (Å²) in [6.07, 6.45) is 1.55. The van der Waals surface area contributed by atoms with E-state index in [0.29, 0.717) is 18.8 Å². The maximum Gasteiger partial charge on any atom is 0.250 e. The maximum atomic E-state index is 13.0. The normalized spacial score (nSPS) is 19.2. The van der Waals surface area contributed by atoms with E-state index >= 15 is 0 Å². The number of ether oxygens (including phenoxy) is 3. The minimum Gasteiger partial charge on any atom is -0.496 e. The van der Waals surface area contributed by atoms with Crippen molar-refractivity contribution in [2.75, 3.05) is 34.4 Å². The molecule has 22 heavy (non-hydrogen) atoms. The molecule has 1 fully saturated rings. The van der Waals surface area contributed by atoms with Gasteiger partial charge in [0, 0.05) is 31.3 Å². The van der Waals surface area contributed by atoms with Crippen LogP contribution < -0.4 is 19.9 Å². The van der Waals surface area contributed by atoms with Crippen LogP contribution in [0.15, 0.2) is 17.0 Å². The lowest BCUT2D eigenvalue weighted by Gasteiger charge is -2.25. The van der Waals surface area contributed by atoms with Crippen molar-refractivity contribution in [1.29, 1.82) is 0 Å². The molecule has 1 atom stereocenters. The molecule has 0 amide bonds. The number of hydrogen-bond donors (Lipinski definition) is 1. The molecule has 2 rings (SSSR count). The third-order valence-corrected chi connectivity index (χ3v) is 5.85. The number of sulfonamides is 1. The van der Waals surface area contributed by atoms with Gasteiger partial charge in [0.2, 0.25) is 0 Å². The Morgan fingerprint density at radius 3 is 2.23 bits per heavy atom. The fourth-order valence-corrected chi connectivity index (χ4v) is 4.69. The van der Waals surface area contributed by atoms with E-state index in [-0.39, 0.29) is 22.4 Å². The summed E-state index contributed by atoms with van der Waals surface area (Å²) in [5, 5.41) is 0. The van der Waals surface area contributed by atoms with Crippen LogP contribution in [0.2, 0.25) is 0 Å². The number of hydrogen-bond acceptors (Lipinski definition) is 6. The molecule has 1 aliphatic heterocycles. The highest BCUT2D eigenvalue weighted by Gasteiger charge is 2.38. The molecule has 1 heterocycles. The van der Waals surface area contributed by atoms with Crippen LogP contribution in [-0.2, 0) is 10.0 Å². The molecule has 1 aromatic rings. The summed E-state index contributed by atoms with van der Waals surface area (Å²) in [5.41, 5.74) is 5.70.